The molecule has 0 bridgehead atoms. The van der Waals surface area contributed by atoms with Crippen LogP contribution in [0.15, 0.2) is 91.0 Å². The number of carbonyl (C=O) groups excluding carboxylic acids is 10. The summed E-state index contributed by atoms with van der Waals surface area (Å²) in [5.41, 5.74) is 0.154. The Labute approximate surface area is 395 Å². The van der Waals surface area contributed by atoms with Crippen molar-refractivity contribution in [3.05, 3.63) is 108 Å². The Balaban J connectivity index is 0. The van der Waals surface area contributed by atoms with Gasteiger partial charge in [-0.1, -0.05) is 202 Å². The fourth-order valence-corrected chi connectivity index (χ4v) is 4.48. The van der Waals surface area contributed by atoms with E-state index >= 15 is 0 Å². The summed E-state index contributed by atoms with van der Waals surface area (Å²) in [6, 6.07) is 26.7. The third-order valence-corrected chi connectivity index (χ3v) is 9.64. The first-order valence-corrected chi connectivity index (χ1v) is 22.4. The molecule has 0 fully saturated rings. The van der Waals surface area contributed by atoms with Crippen molar-refractivity contribution >= 4 is 57.8 Å². The Bertz CT molecular complexity index is 1970. The van der Waals surface area contributed by atoms with Crippen LogP contribution in [-0.4, -0.2) is 57.8 Å². The summed E-state index contributed by atoms with van der Waals surface area (Å²) in [6.07, 6.45) is 0.160. The third kappa shape index (κ3) is 28.3. The van der Waals surface area contributed by atoms with E-state index in [1.165, 1.54) is 6.92 Å². The lowest BCUT2D eigenvalue weighted by atomic mass is 9.82. The molecule has 3 rings (SSSR count). The first-order chi connectivity index (χ1) is 30.0. The van der Waals surface area contributed by atoms with Crippen molar-refractivity contribution in [3.63, 3.8) is 0 Å². The monoisotopic (exact) mass is 911 g/mol. The predicted octanol–water partition coefficient (Wildman–Crippen LogP) is 12.0. The summed E-state index contributed by atoms with van der Waals surface area (Å²) in [5.74, 6) is -0.339. The second-order valence-corrected chi connectivity index (χ2v) is 20.9. The van der Waals surface area contributed by atoms with Crippen LogP contribution in [0.4, 0.5) is 0 Å². The number of benzene rings is 3. The number of ketones is 10. The smallest absolute Gasteiger partial charge is 0.170 e. The van der Waals surface area contributed by atoms with Gasteiger partial charge in [0.2, 0.25) is 0 Å². The van der Waals surface area contributed by atoms with Crippen LogP contribution in [0, 0.1) is 33.5 Å². The van der Waals surface area contributed by atoms with Crippen molar-refractivity contribution < 1.29 is 47.9 Å². The number of carbonyl (C=O) groups is 10. The average Bonchev–Trinajstić information content (AvgIpc) is 3.21. The third-order valence-electron chi connectivity index (χ3n) is 9.64. The molecule has 0 unspecified atom stereocenters. The molecular weight excluding hydrogens is 833 g/mol. The van der Waals surface area contributed by atoms with Crippen LogP contribution >= 0.6 is 0 Å². The highest BCUT2D eigenvalue weighted by Crippen LogP contribution is 2.23. The number of Topliss-reactive ketones (excluding diaryl/α,β-unsaturated/α-hetero) is 10. The summed E-state index contributed by atoms with van der Waals surface area (Å²) in [4.78, 5) is 114. The molecule has 10 heteroatoms. The Kier molecular flexibility index (Phi) is 27.5. The van der Waals surface area contributed by atoms with Crippen LogP contribution in [0.1, 0.15) is 181 Å². The van der Waals surface area contributed by atoms with Crippen LogP contribution in [0.25, 0.3) is 0 Å². The second kappa shape index (κ2) is 29.1. The number of hydrogen-bond acceptors (Lipinski definition) is 10. The molecule has 0 aromatic heterocycles. The molecule has 0 saturated heterocycles. The van der Waals surface area contributed by atoms with Crippen molar-refractivity contribution in [1.82, 2.24) is 0 Å². The van der Waals surface area contributed by atoms with Gasteiger partial charge in [-0.25, -0.2) is 0 Å². The molecule has 0 aliphatic rings. The molecule has 0 amide bonds. The van der Waals surface area contributed by atoms with Crippen LogP contribution in [0.3, 0.4) is 0 Å². The molecule has 0 N–H and O–H groups in total. The van der Waals surface area contributed by atoms with E-state index in [0.29, 0.717) is 16.7 Å². The lowest BCUT2D eigenvalue weighted by Crippen LogP contribution is -2.28. The summed E-state index contributed by atoms with van der Waals surface area (Å²) in [6.45, 7) is 30.7. The fourth-order valence-electron chi connectivity index (χ4n) is 4.48. The molecule has 0 aliphatic carbocycles. The normalized spacial score (nSPS) is 11.1. The maximum atomic E-state index is 11.8. The Morgan fingerprint density at radius 1 is 0.333 bits per heavy atom. The van der Waals surface area contributed by atoms with E-state index in [4.69, 9.17) is 0 Å². The zero-order valence-electron chi connectivity index (χ0n) is 42.9. The second-order valence-electron chi connectivity index (χ2n) is 20.9. The Morgan fingerprint density at radius 3 is 0.773 bits per heavy atom. The van der Waals surface area contributed by atoms with Gasteiger partial charge in [0.25, 0.3) is 0 Å². The molecule has 362 valence electrons. The molecule has 0 spiro atoms. The lowest BCUT2D eigenvalue weighted by molar-refractivity contribution is -0.135. The first kappa shape index (κ1) is 62.4. The number of hydrogen-bond donors (Lipinski definition) is 0. The number of rotatable bonds is 15. The summed E-state index contributed by atoms with van der Waals surface area (Å²) in [5, 5.41) is 0. The van der Waals surface area contributed by atoms with Crippen molar-refractivity contribution in [2.24, 2.45) is 33.5 Å². The molecule has 0 saturated carbocycles. The van der Waals surface area contributed by atoms with E-state index in [1.54, 1.807) is 72.8 Å². The predicted molar refractivity (Wildman–Crippen MR) is 264 cm³/mol. The van der Waals surface area contributed by atoms with Crippen LogP contribution in [0.2, 0.25) is 0 Å². The molecule has 10 nitrogen and oxygen atoms in total. The first-order valence-electron chi connectivity index (χ1n) is 22.4. The van der Waals surface area contributed by atoms with E-state index in [0.717, 1.165) is 0 Å². The maximum absolute atomic E-state index is 11.8. The van der Waals surface area contributed by atoms with Gasteiger partial charge >= 0.3 is 0 Å². The summed E-state index contributed by atoms with van der Waals surface area (Å²) in [7, 11) is 0. The summed E-state index contributed by atoms with van der Waals surface area (Å²) >= 11 is 0. The zero-order valence-corrected chi connectivity index (χ0v) is 42.9. The van der Waals surface area contributed by atoms with Crippen molar-refractivity contribution in [3.8, 4) is 0 Å². The van der Waals surface area contributed by atoms with E-state index in [-0.39, 0.29) is 107 Å². The van der Waals surface area contributed by atoms with E-state index in [2.05, 4.69) is 0 Å². The van der Waals surface area contributed by atoms with Gasteiger partial charge in [-0.2, -0.15) is 0 Å². The minimum Gasteiger partial charge on any atom is -0.300 e. The van der Waals surface area contributed by atoms with E-state index < -0.39 is 16.2 Å². The van der Waals surface area contributed by atoms with Gasteiger partial charge in [-0.3, -0.25) is 47.9 Å². The molecule has 0 radical (unpaired) electrons. The van der Waals surface area contributed by atoms with E-state index in [1.807, 2.05) is 129 Å². The van der Waals surface area contributed by atoms with Gasteiger partial charge in [-0.15, -0.1) is 0 Å². The highest BCUT2D eigenvalue weighted by atomic mass is 16.2. The van der Waals surface area contributed by atoms with Gasteiger partial charge in [-0.05, 0) is 6.92 Å². The molecule has 0 aliphatic heterocycles. The van der Waals surface area contributed by atoms with Gasteiger partial charge < -0.3 is 0 Å². The highest BCUT2D eigenvalue weighted by Gasteiger charge is 2.29. The maximum Gasteiger partial charge on any atom is 0.170 e. The highest BCUT2D eigenvalue weighted by molar-refractivity contribution is 6.13. The summed E-state index contributed by atoms with van der Waals surface area (Å²) < 4.78 is 0. The molecule has 3 aromatic rings. The fraction of sp³-hybridized carbons (Fsp3) is 0.500. The van der Waals surface area contributed by atoms with Crippen LogP contribution in [-0.2, 0) is 33.6 Å². The Morgan fingerprint density at radius 2 is 0.561 bits per heavy atom. The van der Waals surface area contributed by atoms with Gasteiger partial charge in [0.1, 0.15) is 40.5 Å². The molecule has 3 aromatic carbocycles. The molecule has 0 atom stereocenters. The van der Waals surface area contributed by atoms with Crippen molar-refractivity contribution in [2.75, 3.05) is 0 Å². The van der Waals surface area contributed by atoms with Crippen LogP contribution < -0.4 is 0 Å². The minimum atomic E-state index is -0.440. The Hall–Kier alpha value is -5.64. The molecular formula is C56H78O10. The van der Waals surface area contributed by atoms with E-state index in [9.17, 15) is 47.9 Å². The van der Waals surface area contributed by atoms with Gasteiger partial charge in [0, 0.05) is 50.2 Å². The SMILES string of the molecule is CC(=O)CC(=O)C(C)(C)C.CC(C)(C)C(=O)CC(=O)C(C)(C)C.CC(C)(C)C(=O)CC(=O)c1ccccc1.CC(C)C(=O)CC(=O)C(C)C.O=C(CC(=O)c1ccccc1)c1ccccc1. The standard InChI is InChI=1S/C15H12O2.C13H16O2.C11H20O2.C9H16O2.C8H14O2/c16-14(12-7-3-1-4-8-12)11-15(17)13-9-5-2-6-10-13;1-13(2,3)12(15)9-11(14)10-7-5-4-6-8-10;1-10(2,3)8(12)7-9(13)11(4,5)6;1-6(2)8(10)5-9(11)7(3)4;1-6(9)5-7(10)8(2,3)4/h1-10H,11H2;4-8H,9H2,1-3H3;7H2,1-6H3;6-7H,5H2,1-4H3;5H2,1-4H3. The zero-order chi connectivity index (χ0) is 51.8. The van der Waals surface area contributed by atoms with Crippen molar-refractivity contribution in [2.45, 2.75) is 150 Å². The lowest BCUT2D eigenvalue weighted by Gasteiger charge is -2.20. The largest absolute Gasteiger partial charge is 0.300 e. The van der Waals surface area contributed by atoms with Crippen molar-refractivity contribution in [1.29, 1.82) is 0 Å². The topological polar surface area (TPSA) is 171 Å². The average molecular weight is 911 g/mol. The minimum absolute atomic E-state index is 0.00644. The van der Waals surface area contributed by atoms with Gasteiger partial charge in [0.15, 0.2) is 17.3 Å². The van der Waals surface area contributed by atoms with Crippen LogP contribution in [0.5, 0.6) is 0 Å². The van der Waals surface area contributed by atoms with Gasteiger partial charge in [0.05, 0.1) is 32.1 Å². The molecule has 66 heavy (non-hydrogen) atoms. The quantitative estimate of drug-likeness (QED) is 0.106. The molecule has 0 heterocycles.